The number of amides is 4. The molecule has 0 bridgehead atoms. The average molecular weight is 412 g/mol. The van der Waals surface area contributed by atoms with Crippen molar-refractivity contribution in [3.8, 4) is 0 Å². The predicted octanol–water partition coefficient (Wildman–Crippen LogP) is 2.03. The van der Waals surface area contributed by atoms with Gasteiger partial charge in [-0.25, -0.2) is 14.8 Å². The number of hydrogen-bond acceptors (Lipinski definition) is 5. The number of urea groups is 1. The Morgan fingerprint density at radius 1 is 1.23 bits per heavy atom. The van der Waals surface area contributed by atoms with Crippen molar-refractivity contribution in [2.45, 2.75) is 45.6 Å². The minimum atomic E-state index is -0.840. The second-order valence-electron chi connectivity index (χ2n) is 8.52. The molecule has 0 atom stereocenters. The third kappa shape index (κ3) is 3.22. The maximum atomic E-state index is 13.3. The number of fused-ring (bicyclic) bond motifs is 1. The Morgan fingerprint density at radius 3 is 2.60 bits per heavy atom. The van der Waals surface area contributed by atoms with E-state index >= 15 is 0 Å². The maximum Gasteiger partial charge on any atom is 0.327 e. The van der Waals surface area contributed by atoms with Gasteiger partial charge in [0.1, 0.15) is 11.2 Å². The minimum Gasteiger partial charge on any atom is -0.337 e. The van der Waals surface area contributed by atoms with Crippen LogP contribution in [0.4, 0.5) is 4.79 Å². The number of aromatic nitrogens is 3. The normalized spacial score (nSPS) is 19.0. The molecule has 160 valence electrons. The lowest BCUT2D eigenvalue weighted by Crippen LogP contribution is -2.58. The Bertz CT molecular complexity index is 943. The second-order valence-corrected chi connectivity index (χ2v) is 8.52. The van der Waals surface area contributed by atoms with Gasteiger partial charge in [-0.1, -0.05) is 20.8 Å². The van der Waals surface area contributed by atoms with E-state index in [1.54, 1.807) is 38.9 Å². The fourth-order valence-electron chi connectivity index (χ4n) is 4.48. The molecule has 2 saturated heterocycles. The molecule has 4 rings (SSSR count). The highest BCUT2D eigenvalue weighted by Gasteiger charge is 2.57. The van der Waals surface area contributed by atoms with Gasteiger partial charge in [-0.3, -0.25) is 18.9 Å². The van der Waals surface area contributed by atoms with Crippen molar-refractivity contribution < 1.29 is 14.4 Å². The molecule has 0 radical (unpaired) electrons. The first-order valence-electron chi connectivity index (χ1n) is 10.6. The lowest BCUT2D eigenvalue weighted by molar-refractivity contribution is -0.135. The minimum absolute atomic E-state index is 0.112. The van der Waals surface area contributed by atoms with E-state index < -0.39 is 5.54 Å². The number of imide groups is 1. The van der Waals surface area contributed by atoms with Crippen LogP contribution in [0.1, 0.15) is 50.5 Å². The Hall–Kier alpha value is -2.97. The van der Waals surface area contributed by atoms with Gasteiger partial charge >= 0.3 is 6.03 Å². The third-order valence-electron chi connectivity index (χ3n) is 5.95. The lowest BCUT2D eigenvalue weighted by Gasteiger charge is -2.42. The molecule has 4 amide bonds. The summed E-state index contributed by atoms with van der Waals surface area (Å²) < 4.78 is 1.71. The molecule has 2 aliphatic heterocycles. The molecule has 0 saturated carbocycles. The third-order valence-corrected chi connectivity index (χ3v) is 5.95. The van der Waals surface area contributed by atoms with Crippen molar-refractivity contribution >= 4 is 23.6 Å². The van der Waals surface area contributed by atoms with Gasteiger partial charge < -0.3 is 9.80 Å². The molecule has 4 heterocycles. The average Bonchev–Trinajstić information content (AvgIpc) is 3.24. The van der Waals surface area contributed by atoms with E-state index in [-0.39, 0.29) is 23.8 Å². The van der Waals surface area contributed by atoms with E-state index in [9.17, 15) is 14.4 Å². The Morgan fingerprint density at radius 2 is 1.97 bits per heavy atom. The van der Waals surface area contributed by atoms with E-state index in [1.807, 2.05) is 20.8 Å². The molecule has 0 N–H and O–H groups in total. The van der Waals surface area contributed by atoms with Gasteiger partial charge in [0.25, 0.3) is 11.8 Å². The highest BCUT2D eigenvalue weighted by atomic mass is 16.2. The maximum absolute atomic E-state index is 13.3. The van der Waals surface area contributed by atoms with Crippen LogP contribution >= 0.6 is 0 Å². The van der Waals surface area contributed by atoms with E-state index in [1.165, 1.54) is 4.90 Å². The van der Waals surface area contributed by atoms with E-state index in [0.717, 1.165) is 6.42 Å². The summed E-state index contributed by atoms with van der Waals surface area (Å²) in [5, 5.41) is 0. The monoisotopic (exact) mass is 412 g/mol. The van der Waals surface area contributed by atoms with Gasteiger partial charge in [0.05, 0.1) is 0 Å². The summed E-state index contributed by atoms with van der Waals surface area (Å²) in [5.74, 6) is 0.446. The molecule has 9 nitrogen and oxygen atoms in total. The van der Waals surface area contributed by atoms with Crippen LogP contribution in [0.25, 0.3) is 5.78 Å². The zero-order valence-corrected chi connectivity index (χ0v) is 17.7. The summed E-state index contributed by atoms with van der Waals surface area (Å²) in [7, 11) is 0. The highest BCUT2D eigenvalue weighted by molar-refractivity contribution is 6.07. The SMILES string of the molecule is CCCN1C(=O)N(CC(C)C)C2(CCN(C(=O)c3cn4cccnc4n3)CC2)C1=O. The lowest BCUT2D eigenvalue weighted by atomic mass is 9.85. The predicted molar refractivity (Wildman–Crippen MR) is 110 cm³/mol. The fraction of sp³-hybridized carbons (Fsp3) is 0.571. The van der Waals surface area contributed by atoms with E-state index in [0.29, 0.717) is 50.5 Å². The topological polar surface area (TPSA) is 91.1 Å². The van der Waals surface area contributed by atoms with Crippen molar-refractivity contribution in [2.75, 3.05) is 26.2 Å². The smallest absolute Gasteiger partial charge is 0.327 e. The summed E-state index contributed by atoms with van der Waals surface area (Å²) in [4.78, 5) is 52.6. The summed E-state index contributed by atoms with van der Waals surface area (Å²) in [5.41, 5.74) is -0.501. The van der Waals surface area contributed by atoms with Crippen molar-refractivity contribution in [1.29, 1.82) is 0 Å². The number of carbonyl (C=O) groups is 3. The van der Waals surface area contributed by atoms with Crippen molar-refractivity contribution in [2.24, 2.45) is 5.92 Å². The van der Waals surface area contributed by atoms with Crippen LogP contribution in [-0.2, 0) is 4.79 Å². The fourth-order valence-corrected chi connectivity index (χ4v) is 4.48. The summed E-state index contributed by atoms with van der Waals surface area (Å²) in [6.07, 6.45) is 6.73. The number of hydrogen-bond donors (Lipinski definition) is 0. The Kier molecular flexibility index (Phi) is 5.21. The first kappa shape index (κ1) is 20.3. The molecule has 1 spiro atoms. The zero-order valence-electron chi connectivity index (χ0n) is 17.7. The molecule has 30 heavy (non-hydrogen) atoms. The van der Waals surface area contributed by atoms with Crippen LogP contribution in [-0.4, -0.2) is 78.6 Å². The zero-order chi connectivity index (χ0) is 21.5. The van der Waals surface area contributed by atoms with Gasteiger partial charge in [-0.15, -0.1) is 0 Å². The summed E-state index contributed by atoms with van der Waals surface area (Å²) in [6, 6.07) is 1.59. The van der Waals surface area contributed by atoms with Crippen LogP contribution in [0.15, 0.2) is 24.7 Å². The van der Waals surface area contributed by atoms with Crippen LogP contribution in [0.3, 0.4) is 0 Å². The van der Waals surface area contributed by atoms with Crippen molar-refractivity contribution in [3.05, 3.63) is 30.4 Å². The molecule has 2 aliphatic rings. The van der Waals surface area contributed by atoms with Gasteiger partial charge in [-0.05, 0) is 31.2 Å². The number of carbonyl (C=O) groups excluding carboxylic acids is 3. The number of nitrogens with zero attached hydrogens (tertiary/aromatic N) is 6. The number of likely N-dealkylation sites (tertiary alicyclic amines) is 1. The van der Waals surface area contributed by atoms with Crippen LogP contribution in [0.5, 0.6) is 0 Å². The largest absolute Gasteiger partial charge is 0.337 e. The van der Waals surface area contributed by atoms with Crippen molar-refractivity contribution in [1.82, 2.24) is 29.1 Å². The van der Waals surface area contributed by atoms with Gasteiger partial charge in [0, 0.05) is 44.8 Å². The van der Waals surface area contributed by atoms with Crippen molar-refractivity contribution in [3.63, 3.8) is 0 Å². The molecule has 0 aliphatic carbocycles. The number of imidazole rings is 1. The Labute approximate surface area is 175 Å². The van der Waals surface area contributed by atoms with Gasteiger partial charge in [0.15, 0.2) is 0 Å². The quantitative estimate of drug-likeness (QED) is 0.701. The van der Waals surface area contributed by atoms with Crippen LogP contribution in [0.2, 0.25) is 0 Å². The van der Waals surface area contributed by atoms with Crippen LogP contribution in [0, 0.1) is 5.92 Å². The first-order valence-corrected chi connectivity index (χ1v) is 10.6. The van der Waals surface area contributed by atoms with E-state index in [2.05, 4.69) is 9.97 Å². The first-order chi connectivity index (χ1) is 14.4. The molecule has 2 fully saturated rings. The second kappa shape index (κ2) is 7.70. The summed E-state index contributed by atoms with van der Waals surface area (Å²) >= 11 is 0. The standard InChI is InChI=1S/C21H28N6O3/c1-4-9-26-18(29)21(27(20(26)30)13-15(2)3)6-11-24(12-7-21)17(28)16-14-25-10-5-8-22-19(25)23-16/h5,8,10,14-15H,4,6-7,9,11-13H2,1-3H3. The molecule has 2 aromatic rings. The molecule has 0 aromatic carbocycles. The molecular formula is C21H28N6O3. The highest BCUT2D eigenvalue weighted by Crippen LogP contribution is 2.38. The van der Waals surface area contributed by atoms with Crippen LogP contribution < -0.4 is 0 Å². The molecular weight excluding hydrogens is 384 g/mol. The Balaban J connectivity index is 1.54. The number of rotatable bonds is 5. The summed E-state index contributed by atoms with van der Waals surface area (Å²) in [6.45, 7) is 7.85. The number of piperidine rings is 1. The molecule has 9 heteroatoms. The molecule has 0 unspecified atom stereocenters. The molecule has 2 aromatic heterocycles. The van der Waals surface area contributed by atoms with E-state index in [4.69, 9.17) is 0 Å². The van der Waals surface area contributed by atoms with Gasteiger partial charge in [0.2, 0.25) is 5.78 Å². The van der Waals surface area contributed by atoms with Gasteiger partial charge in [-0.2, -0.15) is 0 Å².